The van der Waals surface area contributed by atoms with Crippen LogP contribution in [-0.2, 0) is 19.1 Å². The molecule has 1 heterocycles. The van der Waals surface area contributed by atoms with Gasteiger partial charge in [-0.05, 0) is 37.1 Å². The number of carbonyl (C=O) groups excluding carboxylic acids is 4. The Hall–Kier alpha value is -2.70. The van der Waals surface area contributed by atoms with E-state index < -0.39 is 5.97 Å². The fraction of sp³-hybridized carbons (Fsp3) is 0.474. The Morgan fingerprint density at radius 1 is 1.19 bits per heavy atom. The summed E-state index contributed by atoms with van der Waals surface area (Å²) in [5.41, 5.74) is 0.993. The highest BCUT2D eigenvalue weighted by atomic mass is 16.5. The molecular formula is C19H24N2O5. The highest BCUT2D eigenvalue weighted by molar-refractivity contribution is 5.98. The van der Waals surface area contributed by atoms with Gasteiger partial charge in [0.1, 0.15) is 0 Å². The van der Waals surface area contributed by atoms with Crippen molar-refractivity contribution in [1.29, 1.82) is 0 Å². The standard InChI is InChI=1S/C19H24N2O5/c1-3-18(24)21-10-4-5-15(11-21)19(25)26-12-17(23)14-6-8-16(9-7-14)20-13(2)22/h6-9,15H,3-5,10-12H2,1-2H3,(H,20,22). The van der Waals surface area contributed by atoms with Crippen LogP contribution in [0.15, 0.2) is 24.3 Å². The number of Topliss-reactive ketones (excluding diaryl/α,β-unsaturated/α-hetero) is 1. The molecule has 1 unspecified atom stereocenters. The molecule has 1 saturated heterocycles. The Kier molecular flexibility index (Phi) is 6.89. The summed E-state index contributed by atoms with van der Waals surface area (Å²) in [5, 5.41) is 2.61. The number of hydrogen-bond acceptors (Lipinski definition) is 5. The molecule has 26 heavy (non-hydrogen) atoms. The lowest BCUT2D eigenvalue weighted by Gasteiger charge is -2.31. The van der Waals surface area contributed by atoms with Crippen LogP contribution in [0.2, 0.25) is 0 Å². The molecule has 7 nitrogen and oxygen atoms in total. The largest absolute Gasteiger partial charge is 0.457 e. The van der Waals surface area contributed by atoms with Crippen molar-refractivity contribution in [3.63, 3.8) is 0 Å². The highest BCUT2D eigenvalue weighted by Gasteiger charge is 2.29. The minimum atomic E-state index is -0.443. The van der Waals surface area contributed by atoms with Gasteiger partial charge in [0, 0.05) is 37.7 Å². The van der Waals surface area contributed by atoms with Crippen molar-refractivity contribution in [3.8, 4) is 0 Å². The molecule has 0 saturated carbocycles. The topological polar surface area (TPSA) is 92.8 Å². The molecule has 2 rings (SSSR count). The van der Waals surface area contributed by atoms with Crippen LogP contribution in [0.25, 0.3) is 0 Å². The van der Waals surface area contributed by atoms with Gasteiger partial charge in [0.15, 0.2) is 12.4 Å². The number of amides is 2. The molecule has 0 aromatic heterocycles. The summed E-state index contributed by atoms with van der Waals surface area (Å²) in [6, 6.07) is 6.38. The number of rotatable bonds is 6. The van der Waals surface area contributed by atoms with Crippen LogP contribution in [-0.4, -0.2) is 48.2 Å². The summed E-state index contributed by atoms with van der Waals surface area (Å²) < 4.78 is 5.16. The second-order valence-corrected chi connectivity index (χ2v) is 6.32. The monoisotopic (exact) mass is 360 g/mol. The Morgan fingerprint density at radius 2 is 1.88 bits per heavy atom. The maximum Gasteiger partial charge on any atom is 0.311 e. The lowest BCUT2D eigenvalue weighted by Crippen LogP contribution is -2.42. The molecule has 0 bridgehead atoms. The molecule has 2 amide bonds. The quantitative estimate of drug-likeness (QED) is 0.619. The highest BCUT2D eigenvalue weighted by Crippen LogP contribution is 2.19. The van der Waals surface area contributed by atoms with Gasteiger partial charge in [0.05, 0.1) is 5.92 Å². The summed E-state index contributed by atoms with van der Waals surface area (Å²) in [6.45, 7) is 3.87. The van der Waals surface area contributed by atoms with Gasteiger partial charge >= 0.3 is 5.97 Å². The van der Waals surface area contributed by atoms with E-state index in [0.29, 0.717) is 37.2 Å². The average molecular weight is 360 g/mol. The number of ketones is 1. The van der Waals surface area contributed by atoms with E-state index in [2.05, 4.69) is 5.32 Å². The summed E-state index contributed by atoms with van der Waals surface area (Å²) in [4.78, 5) is 48.8. The van der Waals surface area contributed by atoms with Gasteiger partial charge in [-0.2, -0.15) is 0 Å². The van der Waals surface area contributed by atoms with E-state index in [9.17, 15) is 19.2 Å². The SMILES string of the molecule is CCC(=O)N1CCCC(C(=O)OCC(=O)c2ccc(NC(C)=O)cc2)C1. The van der Waals surface area contributed by atoms with Crippen LogP contribution in [0.1, 0.15) is 43.5 Å². The maximum atomic E-state index is 12.2. The summed E-state index contributed by atoms with van der Waals surface area (Å²) >= 11 is 0. The molecule has 1 atom stereocenters. The van der Waals surface area contributed by atoms with Gasteiger partial charge < -0.3 is 15.0 Å². The van der Waals surface area contributed by atoms with Gasteiger partial charge in [0.25, 0.3) is 0 Å². The van der Waals surface area contributed by atoms with Crippen molar-refractivity contribution >= 4 is 29.3 Å². The van der Waals surface area contributed by atoms with Crippen molar-refractivity contribution < 1.29 is 23.9 Å². The first-order valence-electron chi connectivity index (χ1n) is 8.76. The van der Waals surface area contributed by atoms with Crippen molar-refractivity contribution in [2.24, 2.45) is 5.92 Å². The third kappa shape index (κ3) is 5.40. The predicted molar refractivity (Wildman–Crippen MR) is 95.6 cm³/mol. The van der Waals surface area contributed by atoms with E-state index in [1.807, 2.05) is 0 Å². The van der Waals surface area contributed by atoms with Gasteiger partial charge in [-0.1, -0.05) is 6.92 Å². The molecule has 140 valence electrons. The fourth-order valence-electron chi connectivity index (χ4n) is 2.90. The van der Waals surface area contributed by atoms with Crippen LogP contribution < -0.4 is 5.32 Å². The first kappa shape index (κ1) is 19.6. The number of likely N-dealkylation sites (tertiary alicyclic amines) is 1. The number of hydrogen-bond donors (Lipinski definition) is 1. The van der Waals surface area contributed by atoms with Crippen LogP contribution >= 0.6 is 0 Å². The van der Waals surface area contributed by atoms with Gasteiger partial charge in [0.2, 0.25) is 11.8 Å². The van der Waals surface area contributed by atoms with E-state index in [4.69, 9.17) is 4.74 Å². The molecule has 0 aliphatic carbocycles. The summed E-state index contributed by atoms with van der Waals surface area (Å²) in [6.07, 6.45) is 1.82. The Labute approximate surface area is 152 Å². The molecular weight excluding hydrogens is 336 g/mol. The summed E-state index contributed by atoms with van der Waals surface area (Å²) in [7, 11) is 0. The maximum absolute atomic E-state index is 12.2. The minimum Gasteiger partial charge on any atom is -0.457 e. The van der Waals surface area contributed by atoms with Crippen LogP contribution in [0, 0.1) is 5.92 Å². The Balaban J connectivity index is 1.85. The van der Waals surface area contributed by atoms with Crippen molar-refractivity contribution in [2.75, 3.05) is 25.0 Å². The zero-order valence-corrected chi connectivity index (χ0v) is 15.1. The van der Waals surface area contributed by atoms with E-state index in [-0.39, 0.29) is 30.1 Å². The number of ether oxygens (including phenoxy) is 1. The first-order valence-corrected chi connectivity index (χ1v) is 8.76. The second-order valence-electron chi connectivity index (χ2n) is 6.32. The fourth-order valence-corrected chi connectivity index (χ4v) is 2.90. The molecule has 0 spiro atoms. The van der Waals surface area contributed by atoms with E-state index >= 15 is 0 Å². The van der Waals surface area contributed by atoms with Crippen molar-refractivity contribution in [1.82, 2.24) is 4.90 Å². The molecule has 1 aliphatic rings. The molecule has 7 heteroatoms. The molecule has 1 fully saturated rings. The number of anilines is 1. The molecule has 1 aromatic rings. The third-order valence-electron chi connectivity index (χ3n) is 4.28. The van der Waals surface area contributed by atoms with Gasteiger partial charge in [-0.15, -0.1) is 0 Å². The Morgan fingerprint density at radius 3 is 2.50 bits per heavy atom. The number of carbonyl (C=O) groups is 4. The zero-order chi connectivity index (χ0) is 19.1. The average Bonchev–Trinajstić information content (AvgIpc) is 2.65. The van der Waals surface area contributed by atoms with Crippen LogP contribution in [0.4, 0.5) is 5.69 Å². The zero-order valence-electron chi connectivity index (χ0n) is 15.1. The lowest BCUT2D eigenvalue weighted by molar-refractivity contribution is -0.150. The van der Waals surface area contributed by atoms with E-state index in [0.717, 1.165) is 6.42 Å². The van der Waals surface area contributed by atoms with Crippen molar-refractivity contribution in [2.45, 2.75) is 33.1 Å². The predicted octanol–water partition coefficient (Wildman–Crippen LogP) is 2.02. The second kappa shape index (κ2) is 9.12. The van der Waals surface area contributed by atoms with Gasteiger partial charge in [-0.25, -0.2) is 0 Å². The molecule has 0 radical (unpaired) electrons. The molecule has 1 N–H and O–H groups in total. The molecule has 1 aromatic carbocycles. The number of benzene rings is 1. The first-order chi connectivity index (χ1) is 12.4. The number of esters is 1. The van der Waals surface area contributed by atoms with Crippen LogP contribution in [0.5, 0.6) is 0 Å². The molecule has 1 aliphatic heterocycles. The van der Waals surface area contributed by atoms with Crippen LogP contribution in [0.3, 0.4) is 0 Å². The number of nitrogens with zero attached hydrogens (tertiary/aromatic N) is 1. The van der Waals surface area contributed by atoms with E-state index in [1.54, 1.807) is 36.1 Å². The lowest BCUT2D eigenvalue weighted by atomic mass is 9.98. The number of piperidine rings is 1. The van der Waals surface area contributed by atoms with E-state index in [1.165, 1.54) is 6.92 Å². The van der Waals surface area contributed by atoms with Crippen molar-refractivity contribution in [3.05, 3.63) is 29.8 Å². The summed E-state index contributed by atoms with van der Waals surface area (Å²) in [5.74, 6) is -1.31. The van der Waals surface area contributed by atoms with Gasteiger partial charge in [-0.3, -0.25) is 19.2 Å². The minimum absolute atomic E-state index is 0.0258. The number of nitrogens with one attached hydrogen (secondary N) is 1. The third-order valence-corrected chi connectivity index (χ3v) is 4.28. The normalized spacial score (nSPS) is 16.7. The smallest absolute Gasteiger partial charge is 0.311 e. The Bertz CT molecular complexity index is 684.